The molecule has 19 heavy (non-hydrogen) atoms. The summed E-state index contributed by atoms with van der Waals surface area (Å²) in [5.41, 5.74) is 0. The average Bonchev–Trinajstić information content (AvgIpc) is 2.28. The highest BCUT2D eigenvalue weighted by Gasteiger charge is 2.18. The van der Waals surface area contributed by atoms with E-state index in [9.17, 15) is 13.5 Å². The fourth-order valence-corrected chi connectivity index (χ4v) is 3.03. The molecule has 1 rings (SSSR count). The second-order valence-corrected chi connectivity index (χ2v) is 6.23. The molecule has 0 saturated carbocycles. The van der Waals surface area contributed by atoms with Gasteiger partial charge in [-0.2, -0.15) is 0 Å². The van der Waals surface area contributed by atoms with Gasteiger partial charge in [0.2, 0.25) is 10.0 Å². The summed E-state index contributed by atoms with van der Waals surface area (Å²) < 4.78 is 31.9. The molecule has 5 nitrogen and oxygen atoms in total. The van der Waals surface area contributed by atoms with Gasteiger partial charge in [0.25, 0.3) is 0 Å². The van der Waals surface area contributed by atoms with Crippen LogP contribution in [0, 0.1) is 0 Å². The average molecular weight is 287 g/mol. The van der Waals surface area contributed by atoms with Crippen molar-refractivity contribution in [1.29, 1.82) is 0 Å². The summed E-state index contributed by atoms with van der Waals surface area (Å²) in [6.07, 6.45) is -0.172. The Labute approximate surface area is 114 Å². The lowest BCUT2D eigenvalue weighted by atomic mass is 10.2. The maximum Gasteiger partial charge on any atom is 0.240 e. The molecule has 0 amide bonds. The van der Waals surface area contributed by atoms with Crippen LogP contribution < -0.4 is 9.46 Å². The summed E-state index contributed by atoms with van der Waals surface area (Å²) in [6, 6.07) is 5.93. The molecule has 0 aromatic heterocycles. The third-order valence-corrected chi connectivity index (χ3v) is 4.10. The van der Waals surface area contributed by atoms with Crippen molar-refractivity contribution < 1.29 is 18.3 Å². The van der Waals surface area contributed by atoms with Crippen LogP contribution >= 0.6 is 0 Å². The van der Waals surface area contributed by atoms with Crippen molar-refractivity contribution in [2.24, 2.45) is 0 Å². The van der Waals surface area contributed by atoms with E-state index >= 15 is 0 Å². The van der Waals surface area contributed by atoms with Crippen LogP contribution in [0.3, 0.4) is 0 Å². The Bertz CT molecular complexity index is 482. The fourth-order valence-electron chi connectivity index (χ4n) is 1.77. The summed E-state index contributed by atoms with van der Waals surface area (Å²) in [5, 5.41) is 9.23. The number of hydrogen-bond donors (Lipinski definition) is 2. The van der Waals surface area contributed by atoms with Crippen LogP contribution in [0.4, 0.5) is 0 Å². The number of ether oxygens (including phenoxy) is 1. The molecule has 2 atom stereocenters. The minimum atomic E-state index is -3.55. The predicted molar refractivity (Wildman–Crippen MR) is 73.7 cm³/mol. The fraction of sp³-hybridized carbons (Fsp3) is 0.538. The summed E-state index contributed by atoms with van der Waals surface area (Å²) in [6.45, 7) is 5.75. The first kappa shape index (κ1) is 15.9. The maximum absolute atomic E-state index is 12.1. The Balaban J connectivity index is 2.76. The van der Waals surface area contributed by atoms with Crippen molar-refractivity contribution in [2.75, 3.05) is 6.61 Å². The second kappa shape index (κ2) is 6.88. The summed E-state index contributed by atoms with van der Waals surface area (Å²) in [4.78, 5) is 0.188. The predicted octanol–water partition coefficient (Wildman–Crippen LogP) is 1.52. The van der Waals surface area contributed by atoms with Crippen molar-refractivity contribution in [1.82, 2.24) is 4.72 Å². The monoisotopic (exact) mass is 287 g/mol. The van der Waals surface area contributed by atoms with Crippen molar-refractivity contribution in [3.05, 3.63) is 24.3 Å². The van der Waals surface area contributed by atoms with E-state index in [-0.39, 0.29) is 10.9 Å². The van der Waals surface area contributed by atoms with E-state index < -0.39 is 16.1 Å². The van der Waals surface area contributed by atoms with Gasteiger partial charge in [-0.15, -0.1) is 0 Å². The minimum absolute atomic E-state index is 0.188. The first-order valence-electron chi connectivity index (χ1n) is 6.28. The number of hydrogen-bond acceptors (Lipinski definition) is 4. The van der Waals surface area contributed by atoms with Gasteiger partial charge in [0.05, 0.1) is 17.6 Å². The summed E-state index contributed by atoms with van der Waals surface area (Å²) in [7, 11) is -3.55. The molecule has 0 saturated heterocycles. The van der Waals surface area contributed by atoms with Gasteiger partial charge in [0.15, 0.2) is 0 Å². The molecule has 0 aliphatic carbocycles. The van der Waals surface area contributed by atoms with Crippen molar-refractivity contribution in [2.45, 2.75) is 44.2 Å². The Morgan fingerprint density at radius 1 is 1.26 bits per heavy atom. The molecule has 0 bridgehead atoms. The van der Waals surface area contributed by atoms with E-state index in [2.05, 4.69) is 4.72 Å². The zero-order chi connectivity index (χ0) is 14.5. The van der Waals surface area contributed by atoms with Gasteiger partial charge in [-0.3, -0.25) is 0 Å². The van der Waals surface area contributed by atoms with Crippen molar-refractivity contribution >= 4 is 10.0 Å². The largest absolute Gasteiger partial charge is 0.494 e. The number of rotatable bonds is 7. The van der Waals surface area contributed by atoms with E-state index in [4.69, 9.17) is 4.74 Å². The molecule has 0 radical (unpaired) electrons. The van der Waals surface area contributed by atoms with Gasteiger partial charge in [0, 0.05) is 6.04 Å². The molecule has 2 unspecified atom stereocenters. The molecule has 1 aromatic rings. The first-order chi connectivity index (χ1) is 8.85. The number of benzene rings is 1. The maximum atomic E-state index is 12.1. The molecular formula is C13H21NO4S. The highest BCUT2D eigenvalue weighted by atomic mass is 32.2. The molecular weight excluding hydrogens is 266 g/mol. The Morgan fingerprint density at radius 3 is 2.32 bits per heavy atom. The van der Waals surface area contributed by atoms with E-state index in [1.54, 1.807) is 26.0 Å². The number of aliphatic hydroxyl groups excluding tert-OH is 1. The number of sulfonamides is 1. The molecule has 0 fully saturated rings. The highest BCUT2D eigenvalue weighted by molar-refractivity contribution is 7.89. The van der Waals surface area contributed by atoms with Crippen LogP contribution in [0.5, 0.6) is 5.75 Å². The molecule has 1 aromatic carbocycles. The van der Waals surface area contributed by atoms with Crippen LogP contribution in [-0.4, -0.2) is 32.3 Å². The molecule has 0 spiro atoms. The van der Waals surface area contributed by atoms with Crippen LogP contribution in [-0.2, 0) is 10.0 Å². The van der Waals surface area contributed by atoms with E-state index in [0.717, 1.165) is 0 Å². The van der Waals surface area contributed by atoms with E-state index in [0.29, 0.717) is 18.8 Å². The molecule has 0 aliphatic heterocycles. The van der Waals surface area contributed by atoms with Gasteiger partial charge in [-0.1, -0.05) is 0 Å². The lowest BCUT2D eigenvalue weighted by Crippen LogP contribution is -2.34. The van der Waals surface area contributed by atoms with Crippen LogP contribution in [0.2, 0.25) is 0 Å². The zero-order valence-corrected chi connectivity index (χ0v) is 12.3. The van der Waals surface area contributed by atoms with Crippen molar-refractivity contribution in [3.8, 4) is 5.75 Å². The third-order valence-electron chi connectivity index (χ3n) is 2.50. The van der Waals surface area contributed by atoms with Gasteiger partial charge in [-0.25, -0.2) is 13.1 Å². The van der Waals surface area contributed by atoms with Crippen LogP contribution in [0.1, 0.15) is 27.2 Å². The SMILES string of the molecule is CCOc1ccc(S(=O)(=O)NC(C)CC(C)O)cc1. The molecule has 108 valence electrons. The van der Waals surface area contributed by atoms with Gasteiger partial charge >= 0.3 is 0 Å². The highest BCUT2D eigenvalue weighted by Crippen LogP contribution is 2.16. The number of nitrogens with one attached hydrogen (secondary N) is 1. The second-order valence-electron chi connectivity index (χ2n) is 4.51. The van der Waals surface area contributed by atoms with Gasteiger partial charge in [-0.05, 0) is 51.5 Å². The first-order valence-corrected chi connectivity index (χ1v) is 7.76. The smallest absolute Gasteiger partial charge is 0.240 e. The lowest BCUT2D eigenvalue weighted by molar-refractivity contribution is 0.175. The molecule has 0 heterocycles. The van der Waals surface area contributed by atoms with Crippen molar-refractivity contribution in [3.63, 3.8) is 0 Å². The van der Waals surface area contributed by atoms with Gasteiger partial charge < -0.3 is 9.84 Å². The molecule has 2 N–H and O–H groups in total. The molecule has 0 aliphatic rings. The third kappa shape index (κ3) is 5.18. The van der Waals surface area contributed by atoms with Crippen LogP contribution in [0.25, 0.3) is 0 Å². The van der Waals surface area contributed by atoms with E-state index in [1.807, 2.05) is 6.92 Å². The standard InChI is InChI=1S/C13H21NO4S/c1-4-18-12-5-7-13(8-6-12)19(16,17)14-10(2)9-11(3)15/h5-8,10-11,14-15H,4,9H2,1-3H3. The van der Waals surface area contributed by atoms with Crippen LogP contribution in [0.15, 0.2) is 29.2 Å². The van der Waals surface area contributed by atoms with E-state index in [1.165, 1.54) is 12.1 Å². The topological polar surface area (TPSA) is 75.6 Å². The molecule has 6 heteroatoms. The summed E-state index contributed by atoms with van der Waals surface area (Å²) >= 11 is 0. The normalized spacial score (nSPS) is 14.9. The quantitative estimate of drug-likeness (QED) is 0.797. The Kier molecular flexibility index (Phi) is 5.78. The van der Waals surface area contributed by atoms with Gasteiger partial charge in [0.1, 0.15) is 5.75 Å². The lowest BCUT2D eigenvalue weighted by Gasteiger charge is -2.15. The summed E-state index contributed by atoms with van der Waals surface area (Å²) in [5.74, 6) is 0.637. The minimum Gasteiger partial charge on any atom is -0.494 e. The number of aliphatic hydroxyl groups is 1. The zero-order valence-electron chi connectivity index (χ0n) is 11.5. The Hall–Kier alpha value is -1.11. The Morgan fingerprint density at radius 2 is 1.84 bits per heavy atom.